The van der Waals surface area contributed by atoms with Crippen LogP contribution in [0.3, 0.4) is 0 Å². The highest BCUT2D eigenvalue weighted by molar-refractivity contribution is 5.77. The molecule has 0 spiro atoms. The second-order valence-corrected chi connectivity index (χ2v) is 5.35. The van der Waals surface area contributed by atoms with Gasteiger partial charge in [0.05, 0.1) is 17.1 Å². The summed E-state index contributed by atoms with van der Waals surface area (Å²) in [6.07, 6.45) is 3.71. The molecule has 4 rings (SSSR count). The van der Waals surface area contributed by atoms with E-state index in [4.69, 9.17) is 0 Å². The van der Waals surface area contributed by atoms with E-state index in [1.54, 1.807) is 12.3 Å². The Labute approximate surface area is 132 Å². The highest BCUT2D eigenvalue weighted by Gasteiger charge is 2.15. The number of fused-ring (bicyclic) bond motifs is 2. The van der Waals surface area contributed by atoms with E-state index in [-0.39, 0.29) is 5.56 Å². The van der Waals surface area contributed by atoms with Gasteiger partial charge >= 0.3 is 0 Å². The lowest BCUT2D eigenvalue weighted by Gasteiger charge is -2.01. The fraction of sp³-hybridized carbons (Fsp3) is 0.0556. The van der Waals surface area contributed by atoms with Crippen LogP contribution < -0.4 is 10.1 Å². The summed E-state index contributed by atoms with van der Waals surface area (Å²) in [7, 11) is 0. The average molecular weight is 303 g/mol. The van der Waals surface area contributed by atoms with Crippen molar-refractivity contribution in [3.05, 3.63) is 77.6 Å². The molecule has 0 bridgehead atoms. The van der Waals surface area contributed by atoms with E-state index in [2.05, 4.69) is 16.5 Å². The summed E-state index contributed by atoms with van der Waals surface area (Å²) in [5, 5.41) is 0.606. The molecule has 0 saturated heterocycles. The zero-order valence-corrected chi connectivity index (χ0v) is 12.4. The molecule has 0 aliphatic carbocycles. The summed E-state index contributed by atoms with van der Waals surface area (Å²) in [4.78, 5) is 19.6. The quantitative estimate of drug-likeness (QED) is 0.591. The van der Waals surface area contributed by atoms with Crippen molar-refractivity contribution in [1.82, 2.24) is 14.5 Å². The number of aromatic nitrogens is 4. The van der Waals surface area contributed by atoms with Crippen LogP contribution in [0.15, 0.2) is 66.2 Å². The Morgan fingerprint density at radius 3 is 2.83 bits per heavy atom. The molecule has 0 amide bonds. The molecule has 5 nitrogen and oxygen atoms in total. The first-order chi connectivity index (χ1) is 11.3. The van der Waals surface area contributed by atoms with Gasteiger partial charge in [-0.2, -0.15) is 0 Å². The molecule has 0 aliphatic rings. The first kappa shape index (κ1) is 13.5. The van der Waals surface area contributed by atoms with Crippen molar-refractivity contribution in [1.29, 1.82) is 0 Å². The summed E-state index contributed by atoms with van der Waals surface area (Å²) in [5.74, 6) is 0.630. The van der Waals surface area contributed by atoms with Gasteiger partial charge in [0.1, 0.15) is 6.54 Å². The van der Waals surface area contributed by atoms with Crippen molar-refractivity contribution in [2.24, 2.45) is 0 Å². The van der Waals surface area contributed by atoms with Crippen LogP contribution in [-0.4, -0.2) is 14.5 Å². The predicted molar refractivity (Wildman–Crippen MR) is 90.0 cm³/mol. The van der Waals surface area contributed by atoms with Gasteiger partial charge in [0.25, 0.3) is 5.56 Å². The minimum atomic E-state index is -0.112. The van der Waals surface area contributed by atoms with Crippen LogP contribution in [0.5, 0.6) is 0 Å². The first-order valence-electron chi connectivity index (χ1n) is 7.36. The van der Waals surface area contributed by atoms with Crippen LogP contribution in [-0.2, 0) is 6.54 Å². The van der Waals surface area contributed by atoms with Crippen LogP contribution in [0.4, 0.5) is 0 Å². The Balaban J connectivity index is 1.85. The van der Waals surface area contributed by atoms with Crippen molar-refractivity contribution in [2.75, 3.05) is 0 Å². The number of rotatable bonds is 3. The SMILES string of the molecule is C=Cn1c[n+](Cc2nc3ccccc3c(=O)[nH]2)c2ccccc21. The van der Waals surface area contributed by atoms with Crippen molar-refractivity contribution >= 4 is 28.1 Å². The Morgan fingerprint density at radius 1 is 1.17 bits per heavy atom. The van der Waals surface area contributed by atoms with E-state index in [9.17, 15) is 4.79 Å². The Kier molecular flexibility index (Phi) is 3.05. The van der Waals surface area contributed by atoms with E-state index in [1.165, 1.54) is 0 Å². The Bertz CT molecular complexity index is 1090. The fourth-order valence-electron chi connectivity index (χ4n) is 2.84. The van der Waals surface area contributed by atoms with Gasteiger partial charge in [-0.15, -0.1) is 0 Å². The minimum absolute atomic E-state index is 0.112. The van der Waals surface area contributed by atoms with Crippen LogP contribution >= 0.6 is 0 Å². The number of hydrogen-bond donors (Lipinski definition) is 1. The number of hydrogen-bond acceptors (Lipinski definition) is 2. The maximum atomic E-state index is 12.2. The van der Waals surface area contributed by atoms with Gasteiger partial charge in [0.15, 0.2) is 16.9 Å². The molecule has 2 aromatic heterocycles. The maximum Gasteiger partial charge on any atom is 0.258 e. The maximum absolute atomic E-state index is 12.2. The van der Waals surface area contributed by atoms with Gasteiger partial charge in [-0.1, -0.05) is 30.8 Å². The van der Waals surface area contributed by atoms with Crippen LogP contribution in [0.2, 0.25) is 0 Å². The third kappa shape index (κ3) is 2.23. The van der Waals surface area contributed by atoms with Crippen molar-refractivity contribution in [2.45, 2.75) is 6.54 Å². The largest absolute Gasteiger partial charge is 0.307 e. The standard InChI is InChI=1S/C18H14N4O/c1-2-21-12-22(16-10-6-5-9-15(16)21)11-17-19-14-8-4-3-7-13(14)18(23)20-17/h2-10,12H,1,11H2/p+1. The molecule has 4 aromatic rings. The second-order valence-electron chi connectivity index (χ2n) is 5.35. The van der Waals surface area contributed by atoms with Crippen LogP contribution in [0, 0.1) is 0 Å². The monoisotopic (exact) mass is 303 g/mol. The smallest absolute Gasteiger partial charge is 0.258 e. The summed E-state index contributed by atoms with van der Waals surface area (Å²) >= 11 is 0. The molecule has 1 N–H and O–H groups in total. The first-order valence-corrected chi connectivity index (χ1v) is 7.36. The number of nitrogens with zero attached hydrogens (tertiary/aromatic N) is 3. The van der Waals surface area contributed by atoms with E-state index >= 15 is 0 Å². The lowest BCUT2D eigenvalue weighted by Crippen LogP contribution is -2.34. The minimum Gasteiger partial charge on any atom is -0.307 e. The molecular weight excluding hydrogens is 288 g/mol. The molecule has 0 aliphatic heterocycles. The van der Waals surface area contributed by atoms with Crippen LogP contribution in [0.25, 0.3) is 28.1 Å². The number of aromatic amines is 1. The molecule has 5 heteroatoms. The highest BCUT2D eigenvalue weighted by atomic mass is 16.1. The molecule has 112 valence electrons. The van der Waals surface area contributed by atoms with Gasteiger partial charge in [0, 0.05) is 0 Å². The van der Waals surface area contributed by atoms with E-state index in [0.717, 1.165) is 11.0 Å². The second kappa shape index (κ2) is 5.21. The normalized spacial score (nSPS) is 11.1. The number of nitrogens with one attached hydrogen (secondary N) is 1. The molecule has 0 fully saturated rings. The van der Waals surface area contributed by atoms with Gasteiger partial charge in [0.2, 0.25) is 6.33 Å². The topological polar surface area (TPSA) is 54.6 Å². The lowest BCUT2D eigenvalue weighted by atomic mass is 10.2. The third-order valence-electron chi connectivity index (χ3n) is 3.91. The zero-order chi connectivity index (χ0) is 15.8. The number of H-pyrrole nitrogens is 1. The van der Waals surface area contributed by atoms with E-state index in [1.807, 2.05) is 57.9 Å². The summed E-state index contributed by atoms with van der Waals surface area (Å²) < 4.78 is 4.00. The van der Waals surface area contributed by atoms with Gasteiger partial charge in [-0.05, 0) is 24.3 Å². The number of para-hydroxylation sites is 3. The summed E-state index contributed by atoms with van der Waals surface area (Å²) in [6, 6.07) is 15.4. The lowest BCUT2D eigenvalue weighted by molar-refractivity contribution is -0.663. The molecule has 0 atom stereocenters. The van der Waals surface area contributed by atoms with E-state index in [0.29, 0.717) is 23.3 Å². The molecule has 0 radical (unpaired) electrons. The predicted octanol–water partition coefficient (Wildman–Crippen LogP) is 2.31. The number of benzene rings is 2. The van der Waals surface area contributed by atoms with Gasteiger partial charge < -0.3 is 4.98 Å². The van der Waals surface area contributed by atoms with Gasteiger partial charge in [-0.3, -0.25) is 4.79 Å². The zero-order valence-electron chi connectivity index (χ0n) is 12.4. The molecule has 0 unspecified atom stereocenters. The fourth-order valence-corrected chi connectivity index (χ4v) is 2.84. The summed E-state index contributed by atoms with van der Waals surface area (Å²) in [6.45, 7) is 4.32. The summed E-state index contributed by atoms with van der Waals surface area (Å²) in [5.41, 5.74) is 2.71. The van der Waals surface area contributed by atoms with Crippen molar-refractivity contribution in [3.63, 3.8) is 0 Å². The number of imidazole rings is 1. The third-order valence-corrected chi connectivity index (χ3v) is 3.91. The Morgan fingerprint density at radius 2 is 1.96 bits per heavy atom. The molecule has 2 aromatic carbocycles. The molecule has 23 heavy (non-hydrogen) atoms. The van der Waals surface area contributed by atoms with Crippen molar-refractivity contribution in [3.8, 4) is 0 Å². The van der Waals surface area contributed by atoms with Gasteiger partial charge in [-0.25, -0.2) is 14.1 Å². The Hall–Kier alpha value is -3.21. The molecular formula is C18H15N4O+. The average Bonchev–Trinajstić information content (AvgIpc) is 2.93. The van der Waals surface area contributed by atoms with Crippen molar-refractivity contribution < 1.29 is 4.57 Å². The highest BCUT2D eigenvalue weighted by Crippen LogP contribution is 2.11. The molecule has 0 saturated carbocycles. The molecule has 2 heterocycles. The van der Waals surface area contributed by atoms with E-state index < -0.39 is 0 Å². The van der Waals surface area contributed by atoms with Crippen LogP contribution in [0.1, 0.15) is 5.82 Å².